The standard InChI is InChI=1S/C8H22N2.C7H8O3S/c1-9(2,3)7-8-10(4,5)6;1-6-2-4-7(5-3-6)11(8,9)10/h7-8H2,1-6H3;2-5H,1H3,(H,8,9,10)/q+2;. The van der Waals surface area contributed by atoms with Crippen LogP contribution in [0.5, 0.6) is 0 Å². The number of hydrogen-bond acceptors (Lipinski definition) is 2. The van der Waals surface area contributed by atoms with Gasteiger partial charge in [0, 0.05) is 0 Å². The maximum absolute atomic E-state index is 10.5. The maximum Gasteiger partial charge on any atom is 0.294 e. The van der Waals surface area contributed by atoms with Crippen molar-refractivity contribution >= 4 is 10.1 Å². The van der Waals surface area contributed by atoms with Crippen LogP contribution in [0.2, 0.25) is 0 Å². The van der Waals surface area contributed by atoms with E-state index in [0.29, 0.717) is 0 Å². The van der Waals surface area contributed by atoms with Crippen LogP contribution in [0, 0.1) is 6.92 Å². The zero-order valence-electron chi connectivity index (χ0n) is 14.3. The van der Waals surface area contributed by atoms with Gasteiger partial charge < -0.3 is 8.97 Å². The molecule has 0 amide bonds. The number of benzene rings is 1. The quantitative estimate of drug-likeness (QED) is 0.678. The van der Waals surface area contributed by atoms with E-state index in [9.17, 15) is 8.42 Å². The number of hydrogen-bond donors (Lipinski definition) is 1. The molecule has 6 heteroatoms. The second-order valence-electron chi connectivity index (χ2n) is 7.32. The molecular formula is C15H30N2O3S+2. The van der Waals surface area contributed by atoms with Crippen molar-refractivity contribution in [1.82, 2.24) is 0 Å². The Morgan fingerprint density at radius 1 is 0.857 bits per heavy atom. The summed E-state index contributed by atoms with van der Waals surface area (Å²) in [4.78, 5) is -0.0666. The molecule has 0 unspecified atom stereocenters. The van der Waals surface area contributed by atoms with Gasteiger partial charge in [-0.1, -0.05) is 17.7 Å². The highest BCUT2D eigenvalue weighted by atomic mass is 32.2. The average molecular weight is 318 g/mol. The molecule has 0 bridgehead atoms. The van der Waals surface area contributed by atoms with Crippen LogP contribution in [0.3, 0.4) is 0 Å². The number of aryl methyl sites for hydroxylation is 1. The van der Waals surface area contributed by atoms with Gasteiger partial charge in [0.1, 0.15) is 13.1 Å². The Morgan fingerprint density at radius 3 is 1.43 bits per heavy atom. The molecule has 0 aromatic heterocycles. The molecule has 1 N–H and O–H groups in total. The Bertz CT molecular complexity index is 510. The third-order valence-electron chi connectivity index (χ3n) is 2.76. The molecule has 1 rings (SSSR count). The van der Waals surface area contributed by atoms with Crippen molar-refractivity contribution in [2.24, 2.45) is 0 Å². The predicted octanol–water partition coefficient (Wildman–Crippen LogP) is 1.64. The van der Waals surface area contributed by atoms with Crippen LogP contribution in [-0.4, -0.2) is 77.3 Å². The number of rotatable bonds is 4. The minimum atomic E-state index is -4.02. The summed E-state index contributed by atoms with van der Waals surface area (Å²) in [6.45, 7) is 4.32. The fourth-order valence-electron chi connectivity index (χ4n) is 1.31. The molecule has 1 aromatic rings. The molecular weight excluding hydrogens is 288 g/mol. The summed E-state index contributed by atoms with van der Waals surface area (Å²) in [6.07, 6.45) is 0. The highest BCUT2D eigenvalue weighted by Crippen LogP contribution is 2.08. The first-order valence-corrected chi connectivity index (χ1v) is 8.30. The van der Waals surface area contributed by atoms with Gasteiger partial charge in [-0.25, -0.2) is 0 Å². The second kappa shape index (κ2) is 7.35. The molecule has 0 aliphatic carbocycles. The van der Waals surface area contributed by atoms with Crippen LogP contribution in [0.15, 0.2) is 29.2 Å². The van der Waals surface area contributed by atoms with Gasteiger partial charge in [-0.2, -0.15) is 8.42 Å². The van der Waals surface area contributed by atoms with E-state index in [1.54, 1.807) is 12.1 Å². The predicted molar refractivity (Wildman–Crippen MR) is 86.8 cm³/mol. The van der Waals surface area contributed by atoms with Gasteiger partial charge in [0.2, 0.25) is 0 Å². The molecule has 21 heavy (non-hydrogen) atoms. The molecule has 1 aromatic carbocycles. The van der Waals surface area contributed by atoms with E-state index in [1.807, 2.05) is 6.92 Å². The zero-order chi connectivity index (χ0) is 16.9. The van der Waals surface area contributed by atoms with Crippen molar-refractivity contribution in [3.8, 4) is 0 Å². The molecule has 0 fully saturated rings. The van der Waals surface area contributed by atoms with Crippen molar-refractivity contribution < 1.29 is 21.9 Å². The lowest BCUT2D eigenvalue weighted by Crippen LogP contribution is -2.46. The van der Waals surface area contributed by atoms with E-state index in [4.69, 9.17) is 4.55 Å². The summed E-state index contributed by atoms with van der Waals surface area (Å²) < 4.78 is 31.7. The highest BCUT2D eigenvalue weighted by molar-refractivity contribution is 7.85. The van der Waals surface area contributed by atoms with Crippen molar-refractivity contribution in [2.45, 2.75) is 11.8 Å². The van der Waals surface area contributed by atoms with Crippen LogP contribution < -0.4 is 0 Å². The molecule has 0 aliphatic rings. The molecule has 0 heterocycles. The molecule has 122 valence electrons. The van der Waals surface area contributed by atoms with Crippen LogP contribution >= 0.6 is 0 Å². The Kier molecular flexibility index (Phi) is 7.02. The van der Waals surface area contributed by atoms with Crippen LogP contribution in [0.25, 0.3) is 0 Å². The van der Waals surface area contributed by atoms with Crippen molar-refractivity contribution in [3.05, 3.63) is 29.8 Å². The maximum atomic E-state index is 10.5. The fraction of sp³-hybridized carbons (Fsp3) is 0.600. The largest absolute Gasteiger partial charge is 0.326 e. The lowest BCUT2D eigenvalue weighted by atomic mass is 10.2. The molecule has 0 saturated heterocycles. The van der Waals surface area contributed by atoms with Gasteiger partial charge in [0.15, 0.2) is 0 Å². The molecule has 0 radical (unpaired) electrons. The monoisotopic (exact) mass is 318 g/mol. The number of likely N-dealkylation sites (N-methyl/N-ethyl adjacent to an activating group) is 2. The van der Waals surface area contributed by atoms with E-state index < -0.39 is 10.1 Å². The third-order valence-corrected chi connectivity index (χ3v) is 3.63. The smallest absolute Gasteiger partial charge is 0.294 e. The Labute approximate surface area is 129 Å². The molecule has 0 spiro atoms. The van der Waals surface area contributed by atoms with Gasteiger partial charge in [0.05, 0.1) is 47.2 Å². The van der Waals surface area contributed by atoms with E-state index in [1.165, 1.54) is 25.2 Å². The van der Waals surface area contributed by atoms with E-state index in [0.717, 1.165) is 14.5 Å². The summed E-state index contributed by atoms with van der Waals surface area (Å²) in [5.41, 5.74) is 0.956. The van der Waals surface area contributed by atoms with Gasteiger partial charge in [0.25, 0.3) is 10.1 Å². The first-order chi connectivity index (χ1) is 9.21. The van der Waals surface area contributed by atoms with Gasteiger partial charge in [-0.05, 0) is 19.1 Å². The molecule has 5 nitrogen and oxygen atoms in total. The topological polar surface area (TPSA) is 54.4 Å². The minimum Gasteiger partial charge on any atom is -0.326 e. The highest BCUT2D eigenvalue weighted by Gasteiger charge is 2.14. The van der Waals surface area contributed by atoms with Crippen LogP contribution in [0.1, 0.15) is 5.56 Å². The third kappa shape index (κ3) is 11.4. The fourth-order valence-corrected chi connectivity index (χ4v) is 1.79. The summed E-state index contributed by atoms with van der Waals surface area (Å²) >= 11 is 0. The first kappa shape index (κ1) is 20.1. The Balaban J connectivity index is 0.000000384. The van der Waals surface area contributed by atoms with Crippen molar-refractivity contribution in [3.63, 3.8) is 0 Å². The van der Waals surface area contributed by atoms with Crippen molar-refractivity contribution in [1.29, 1.82) is 0 Å². The van der Waals surface area contributed by atoms with E-state index in [2.05, 4.69) is 42.3 Å². The summed E-state index contributed by atoms with van der Waals surface area (Å²) in [5, 5.41) is 0. The lowest BCUT2D eigenvalue weighted by Gasteiger charge is -2.30. The van der Waals surface area contributed by atoms with Crippen LogP contribution in [-0.2, 0) is 10.1 Å². The van der Waals surface area contributed by atoms with Gasteiger partial charge in [-0.3, -0.25) is 4.55 Å². The summed E-state index contributed by atoms with van der Waals surface area (Å²) in [7, 11) is 9.37. The zero-order valence-corrected chi connectivity index (χ0v) is 15.1. The van der Waals surface area contributed by atoms with Gasteiger partial charge >= 0.3 is 0 Å². The van der Waals surface area contributed by atoms with Gasteiger partial charge in [-0.15, -0.1) is 0 Å². The second-order valence-corrected chi connectivity index (χ2v) is 8.74. The molecule has 0 atom stereocenters. The number of quaternary nitrogens is 2. The molecule has 0 aliphatic heterocycles. The summed E-state index contributed by atoms with van der Waals surface area (Å²) in [5.74, 6) is 0. The average Bonchev–Trinajstić information content (AvgIpc) is 2.25. The van der Waals surface area contributed by atoms with Crippen molar-refractivity contribution in [2.75, 3.05) is 55.4 Å². The Morgan fingerprint density at radius 2 is 1.19 bits per heavy atom. The molecule has 0 saturated carbocycles. The summed E-state index contributed by atoms with van der Waals surface area (Å²) in [6, 6.07) is 5.99. The Hall–Kier alpha value is -0.950. The minimum absolute atomic E-state index is 0.0666. The normalized spacial score (nSPS) is 12.6. The number of nitrogens with zero attached hydrogens (tertiary/aromatic N) is 2. The van der Waals surface area contributed by atoms with E-state index in [-0.39, 0.29) is 4.90 Å². The first-order valence-electron chi connectivity index (χ1n) is 6.86. The lowest BCUT2D eigenvalue weighted by molar-refractivity contribution is -0.927. The van der Waals surface area contributed by atoms with Crippen LogP contribution in [0.4, 0.5) is 0 Å². The SMILES string of the molecule is C[N+](C)(C)CC[N+](C)(C)C.Cc1ccc(S(=O)(=O)O)cc1. The van der Waals surface area contributed by atoms with E-state index >= 15 is 0 Å².